The second kappa shape index (κ2) is 5.40. The van der Waals surface area contributed by atoms with Crippen LogP contribution in [0.1, 0.15) is 0 Å². The fraction of sp³-hybridized carbons (Fsp3) is 0.222. The predicted octanol–water partition coefficient (Wildman–Crippen LogP) is 2.48. The van der Waals surface area contributed by atoms with Crippen LogP contribution in [-0.4, -0.2) is 33.8 Å². The minimum absolute atomic E-state index is 0.209. The number of carbonyl (C=O) groups excluding carboxylic acids is 1. The number of aromatic nitrogens is 3. The van der Waals surface area contributed by atoms with E-state index in [4.69, 9.17) is 11.6 Å². The summed E-state index contributed by atoms with van der Waals surface area (Å²) in [4.78, 5) is 22.5. The highest BCUT2D eigenvalue weighted by Gasteiger charge is 2.09. The molecule has 2 aromatic rings. The molecule has 0 bridgehead atoms. The summed E-state index contributed by atoms with van der Waals surface area (Å²) in [5.41, 5.74) is 1.34. The molecule has 5 nitrogen and oxygen atoms in total. The largest absolute Gasteiger partial charge is 0.468 e. The molecule has 0 aromatic carbocycles. The second-order valence-electron chi connectivity index (χ2n) is 3.04. The van der Waals surface area contributed by atoms with Gasteiger partial charge >= 0.3 is 5.97 Å². The van der Waals surface area contributed by atoms with E-state index in [1.165, 1.54) is 18.9 Å². The van der Waals surface area contributed by atoms with Crippen molar-refractivity contribution in [2.45, 2.75) is 5.16 Å². The van der Waals surface area contributed by atoms with Gasteiger partial charge in [-0.25, -0.2) is 9.97 Å². The maximum Gasteiger partial charge on any atom is 0.316 e. The maximum absolute atomic E-state index is 11.0. The summed E-state index contributed by atoms with van der Waals surface area (Å²) in [7, 11) is 1.35. The quantitative estimate of drug-likeness (QED) is 0.382. The van der Waals surface area contributed by atoms with Gasteiger partial charge in [0.05, 0.1) is 23.4 Å². The van der Waals surface area contributed by atoms with E-state index < -0.39 is 0 Å². The molecule has 2 heterocycles. The van der Waals surface area contributed by atoms with E-state index in [1.54, 1.807) is 6.07 Å². The molecule has 90 valence electrons. The Morgan fingerprint density at radius 2 is 2.41 bits per heavy atom. The smallest absolute Gasteiger partial charge is 0.316 e. The Balaban J connectivity index is 2.23. The van der Waals surface area contributed by atoms with Gasteiger partial charge < -0.3 is 9.72 Å². The summed E-state index contributed by atoms with van der Waals surface area (Å²) in [5, 5.41) is 1.20. The van der Waals surface area contributed by atoms with Crippen LogP contribution in [0, 0.1) is 3.70 Å². The van der Waals surface area contributed by atoms with Gasteiger partial charge in [0.2, 0.25) is 0 Å². The van der Waals surface area contributed by atoms with Crippen LogP contribution in [0.5, 0.6) is 0 Å². The molecule has 0 atom stereocenters. The number of nitrogens with zero attached hydrogens (tertiary/aromatic N) is 2. The standard InChI is InChI=1S/C9H7ClIN3O2S/c1-16-6(15)3-17-9-12-5-2-4(10)7(11)13-8(5)14-9/h2H,3H2,1H3,(H,12,13,14). The van der Waals surface area contributed by atoms with E-state index in [9.17, 15) is 4.79 Å². The first-order valence-corrected chi connectivity index (χ1v) is 6.95. The lowest BCUT2D eigenvalue weighted by Crippen LogP contribution is -2.02. The molecule has 0 fully saturated rings. The lowest BCUT2D eigenvalue weighted by atomic mass is 10.4. The minimum Gasteiger partial charge on any atom is -0.468 e. The van der Waals surface area contributed by atoms with Crippen molar-refractivity contribution in [3.05, 3.63) is 14.8 Å². The lowest BCUT2D eigenvalue weighted by Gasteiger charge is -1.95. The van der Waals surface area contributed by atoms with Crippen molar-refractivity contribution in [2.75, 3.05) is 12.9 Å². The van der Waals surface area contributed by atoms with Crippen molar-refractivity contribution in [3.8, 4) is 0 Å². The fourth-order valence-electron chi connectivity index (χ4n) is 1.13. The van der Waals surface area contributed by atoms with Crippen molar-refractivity contribution >= 4 is 63.1 Å². The summed E-state index contributed by atoms with van der Waals surface area (Å²) < 4.78 is 5.25. The van der Waals surface area contributed by atoms with E-state index in [2.05, 4.69) is 19.7 Å². The van der Waals surface area contributed by atoms with E-state index in [-0.39, 0.29) is 11.7 Å². The molecule has 0 aliphatic rings. The number of rotatable bonds is 3. The molecule has 2 aromatic heterocycles. The summed E-state index contributed by atoms with van der Waals surface area (Å²) >= 11 is 9.25. The monoisotopic (exact) mass is 383 g/mol. The zero-order chi connectivity index (χ0) is 12.4. The van der Waals surface area contributed by atoms with Gasteiger partial charge in [0.15, 0.2) is 10.8 Å². The number of fused-ring (bicyclic) bond motifs is 1. The highest BCUT2D eigenvalue weighted by atomic mass is 127. The molecule has 1 N–H and O–H groups in total. The SMILES string of the molecule is COC(=O)CSc1nc2nc(I)c(Cl)cc2[nH]1. The van der Waals surface area contributed by atoms with Gasteiger partial charge in [-0.05, 0) is 28.7 Å². The van der Waals surface area contributed by atoms with Crippen molar-refractivity contribution in [1.29, 1.82) is 0 Å². The highest BCUT2D eigenvalue weighted by Crippen LogP contribution is 2.23. The van der Waals surface area contributed by atoms with E-state index in [0.717, 1.165) is 5.52 Å². The van der Waals surface area contributed by atoms with E-state index >= 15 is 0 Å². The fourth-order valence-corrected chi connectivity index (χ4v) is 2.37. The molecule has 17 heavy (non-hydrogen) atoms. The lowest BCUT2D eigenvalue weighted by molar-refractivity contribution is -0.137. The van der Waals surface area contributed by atoms with Crippen LogP contribution in [0.3, 0.4) is 0 Å². The molecule has 8 heteroatoms. The third kappa shape index (κ3) is 3.02. The molecule has 0 aliphatic carbocycles. The van der Waals surface area contributed by atoms with Crippen LogP contribution in [0.2, 0.25) is 5.02 Å². The molecule has 2 rings (SSSR count). The molecular weight excluding hydrogens is 377 g/mol. The summed E-state index contributed by atoms with van der Waals surface area (Å²) in [6.07, 6.45) is 0. The van der Waals surface area contributed by atoms with Crippen LogP contribution >= 0.6 is 46.0 Å². The molecular formula is C9H7ClIN3O2S. The number of methoxy groups -OCH3 is 1. The predicted molar refractivity (Wildman–Crippen MR) is 74.4 cm³/mol. The number of aromatic amines is 1. The van der Waals surface area contributed by atoms with Crippen molar-refractivity contribution in [3.63, 3.8) is 0 Å². The Hall–Kier alpha value is -0.540. The average molecular weight is 384 g/mol. The van der Waals surface area contributed by atoms with Gasteiger partial charge in [-0.2, -0.15) is 0 Å². The number of H-pyrrole nitrogens is 1. The average Bonchev–Trinajstić information content (AvgIpc) is 2.68. The third-order valence-corrected chi connectivity index (χ3v) is 4.19. The topological polar surface area (TPSA) is 67.9 Å². The molecule has 0 saturated carbocycles. The van der Waals surface area contributed by atoms with Crippen LogP contribution in [-0.2, 0) is 9.53 Å². The number of hydrogen-bond donors (Lipinski definition) is 1. The van der Waals surface area contributed by atoms with Gasteiger partial charge in [-0.3, -0.25) is 4.79 Å². The first-order chi connectivity index (χ1) is 8.10. The summed E-state index contributed by atoms with van der Waals surface area (Å²) in [6, 6.07) is 1.76. The number of ether oxygens (including phenoxy) is 1. The Bertz CT molecular complexity index is 536. The van der Waals surface area contributed by atoms with Gasteiger partial charge in [0.1, 0.15) is 3.70 Å². The van der Waals surface area contributed by atoms with E-state index in [0.29, 0.717) is 19.5 Å². The van der Waals surface area contributed by atoms with Crippen molar-refractivity contribution < 1.29 is 9.53 Å². The summed E-state index contributed by atoms with van der Waals surface area (Å²) in [5.74, 6) is -0.0859. The number of carbonyl (C=O) groups is 1. The number of thioether (sulfide) groups is 1. The van der Waals surface area contributed by atoms with Crippen LogP contribution in [0.4, 0.5) is 0 Å². The highest BCUT2D eigenvalue weighted by molar-refractivity contribution is 14.1. The number of halogens is 2. The van der Waals surface area contributed by atoms with Gasteiger partial charge in [-0.15, -0.1) is 0 Å². The van der Waals surface area contributed by atoms with Gasteiger partial charge in [0, 0.05) is 0 Å². The zero-order valence-corrected chi connectivity index (χ0v) is 12.4. The van der Waals surface area contributed by atoms with Crippen LogP contribution in [0.15, 0.2) is 11.2 Å². The molecule has 0 radical (unpaired) electrons. The van der Waals surface area contributed by atoms with Crippen LogP contribution in [0.25, 0.3) is 11.2 Å². The normalized spacial score (nSPS) is 10.8. The molecule has 0 amide bonds. The molecule has 0 unspecified atom stereocenters. The zero-order valence-electron chi connectivity index (χ0n) is 8.66. The van der Waals surface area contributed by atoms with Crippen molar-refractivity contribution in [2.24, 2.45) is 0 Å². The summed E-state index contributed by atoms with van der Waals surface area (Å²) in [6.45, 7) is 0. The molecule has 0 spiro atoms. The molecule has 0 aliphatic heterocycles. The first kappa shape index (κ1) is 12.9. The number of pyridine rings is 1. The van der Waals surface area contributed by atoms with Gasteiger partial charge in [-0.1, -0.05) is 23.4 Å². The van der Waals surface area contributed by atoms with Crippen LogP contribution < -0.4 is 0 Å². The minimum atomic E-state index is -0.295. The Morgan fingerprint density at radius 1 is 1.65 bits per heavy atom. The molecule has 0 saturated heterocycles. The number of esters is 1. The Morgan fingerprint density at radius 3 is 3.12 bits per heavy atom. The van der Waals surface area contributed by atoms with Crippen molar-refractivity contribution in [1.82, 2.24) is 15.0 Å². The Kier molecular flexibility index (Phi) is 4.10. The number of hydrogen-bond acceptors (Lipinski definition) is 5. The number of imidazole rings is 1. The van der Waals surface area contributed by atoms with Gasteiger partial charge in [0.25, 0.3) is 0 Å². The third-order valence-electron chi connectivity index (χ3n) is 1.92. The second-order valence-corrected chi connectivity index (χ2v) is 5.43. The maximum atomic E-state index is 11.0. The first-order valence-electron chi connectivity index (χ1n) is 4.51. The Labute approximate surface area is 120 Å². The van der Waals surface area contributed by atoms with E-state index in [1.807, 2.05) is 22.6 Å². The number of nitrogens with one attached hydrogen (secondary N) is 1.